The van der Waals surface area contributed by atoms with Gasteiger partial charge in [-0.2, -0.15) is 0 Å². The SMILES string of the molecule is O=C(NC1CC2CCC1N2)c1ccc(-c2cccc([N+](=O)[O-])c2)s1. The summed E-state index contributed by atoms with van der Waals surface area (Å²) in [5.41, 5.74) is 0.815. The molecule has 2 fully saturated rings. The zero-order valence-electron chi connectivity index (χ0n) is 12.9. The van der Waals surface area contributed by atoms with Gasteiger partial charge in [-0.25, -0.2) is 0 Å². The third-order valence-corrected chi connectivity index (χ3v) is 5.92. The number of benzene rings is 1. The topological polar surface area (TPSA) is 84.3 Å². The Hall–Kier alpha value is -2.25. The first-order valence-corrected chi connectivity index (χ1v) is 8.83. The van der Waals surface area contributed by atoms with Crippen LogP contribution < -0.4 is 10.6 Å². The highest BCUT2D eigenvalue weighted by Crippen LogP contribution is 2.32. The maximum atomic E-state index is 12.5. The fourth-order valence-corrected chi connectivity index (χ4v) is 4.52. The van der Waals surface area contributed by atoms with Crippen LogP contribution in [0.4, 0.5) is 5.69 Å². The maximum absolute atomic E-state index is 12.5. The minimum absolute atomic E-state index is 0.0555. The van der Waals surface area contributed by atoms with E-state index in [0.717, 1.165) is 23.3 Å². The first-order valence-electron chi connectivity index (χ1n) is 8.02. The summed E-state index contributed by atoms with van der Waals surface area (Å²) in [6.07, 6.45) is 3.32. The van der Waals surface area contributed by atoms with E-state index >= 15 is 0 Å². The lowest BCUT2D eigenvalue weighted by molar-refractivity contribution is -0.384. The van der Waals surface area contributed by atoms with E-state index < -0.39 is 4.92 Å². The number of rotatable bonds is 4. The lowest BCUT2D eigenvalue weighted by Crippen LogP contribution is -2.42. The molecule has 0 spiro atoms. The minimum atomic E-state index is -0.410. The number of nitrogens with zero attached hydrogens (tertiary/aromatic N) is 1. The van der Waals surface area contributed by atoms with Crippen molar-refractivity contribution in [2.24, 2.45) is 0 Å². The van der Waals surface area contributed by atoms with Gasteiger partial charge in [0.2, 0.25) is 0 Å². The minimum Gasteiger partial charge on any atom is -0.347 e. The van der Waals surface area contributed by atoms with E-state index in [1.807, 2.05) is 12.1 Å². The van der Waals surface area contributed by atoms with E-state index in [0.29, 0.717) is 17.0 Å². The highest BCUT2D eigenvalue weighted by atomic mass is 32.1. The Bertz CT molecular complexity index is 804. The lowest BCUT2D eigenvalue weighted by Gasteiger charge is -2.20. The molecule has 1 amide bonds. The fraction of sp³-hybridized carbons (Fsp3) is 0.353. The van der Waals surface area contributed by atoms with Crippen LogP contribution in [0.5, 0.6) is 0 Å². The number of nitrogens with one attached hydrogen (secondary N) is 2. The number of non-ortho nitro benzene ring substituents is 1. The second kappa shape index (κ2) is 5.99. The molecular formula is C17H17N3O3S. The van der Waals surface area contributed by atoms with Crippen LogP contribution in [0.2, 0.25) is 0 Å². The summed E-state index contributed by atoms with van der Waals surface area (Å²) in [7, 11) is 0. The van der Waals surface area contributed by atoms with Crippen LogP contribution in [0.15, 0.2) is 36.4 Å². The maximum Gasteiger partial charge on any atom is 0.270 e. The molecule has 7 heteroatoms. The predicted octanol–water partition coefficient (Wildman–Crippen LogP) is 2.95. The summed E-state index contributed by atoms with van der Waals surface area (Å²) in [4.78, 5) is 24.4. The van der Waals surface area contributed by atoms with Crippen molar-refractivity contribution < 1.29 is 9.72 Å². The number of hydrogen-bond donors (Lipinski definition) is 2. The van der Waals surface area contributed by atoms with Crippen molar-refractivity contribution in [1.29, 1.82) is 0 Å². The summed E-state index contributed by atoms with van der Waals surface area (Å²) in [5.74, 6) is -0.0592. The molecule has 3 heterocycles. The molecule has 0 saturated carbocycles. The first-order chi connectivity index (χ1) is 11.6. The second-order valence-electron chi connectivity index (χ2n) is 6.33. The van der Waals surface area contributed by atoms with Gasteiger partial charge in [-0.15, -0.1) is 11.3 Å². The van der Waals surface area contributed by atoms with Crippen molar-refractivity contribution in [2.45, 2.75) is 37.4 Å². The van der Waals surface area contributed by atoms with E-state index in [1.165, 1.54) is 29.9 Å². The molecule has 124 valence electrons. The molecule has 1 aromatic carbocycles. The molecule has 6 nitrogen and oxygen atoms in total. The molecule has 3 atom stereocenters. The zero-order chi connectivity index (χ0) is 16.7. The number of carbonyl (C=O) groups excluding carboxylic acids is 1. The van der Waals surface area contributed by atoms with Crippen molar-refractivity contribution in [3.05, 3.63) is 51.4 Å². The van der Waals surface area contributed by atoms with Gasteiger partial charge in [0.15, 0.2) is 0 Å². The summed E-state index contributed by atoms with van der Waals surface area (Å²) in [5, 5.41) is 17.5. The lowest BCUT2D eigenvalue weighted by atomic mass is 9.95. The molecule has 3 unspecified atom stereocenters. The van der Waals surface area contributed by atoms with Crippen LogP contribution in [0.25, 0.3) is 10.4 Å². The third kappa shape index (κ3) is 2.81. The highest BCUT2D eigenvalue weighted by Gasteiger charge is 2.39. The van der Waals surface area contributed by atoms with Crippen LogP contribution in [0.3, 0.4) is 0 Å². The molecule has 0 aliphatic carbocycles. The van der Waals surface area contributed by atoms with Gasteiger partial charge in [-0.3, -0.25) is 14.9 Å². The number of nitro groups is 1. The van der Waals surface area contributed by atoms with Crippen LogP contribution in [-0.2, 0) is 0 Å². The number of nitro benzene ring substituents is 1. The fourth-order valence-electron chi connectivity index (χ4n) is 3.61. The number of carbonyl (C=O) groups is 1. The molecule has 24 heavy (non-hydrogen) atoms. The van der Waals surface area contributed by atoms with Crippen molar-refractivity contribution in [3.8, 4) is 10.4 Å². The van der Waals surface area contributed by atoms with Crippen molar-refractivity contribution in [1.82, 2.24) is 10.6 Å². The molecule has 1 aromatic heterocycles. The summed E-state index contributed by atoms with van der Waals surface area (Å²) < 4.78 is 0. The van der Waals surface area contributed by atoms with E-state index in [2.05, 4.69) is 10.6 Å². The third-order valence-electron chi connectivity index (χ3n) is 4.79. The van der Waals surface area contributed by atoms with E-state index in [4.69, 9.17) is 0 Å². The van der Waals surface area contributed by atoms with Gasteiger partial charge in [-0.1, -0.05) is 12.1 Å². The summed E-state index contributed by atoms with van der Waals surface area (Å²) in [6, 6.07) is 11.3. The van der Waals surface area contributed by atoms with Gasteiger partial charge in [-0.05, 0) is 37.0 Å². The van der Waals surface area contributed by atoms with Crippen molar-refractivity contribution >= 4 is 22.9 Å². The van der Waals surface area contributed by atoms with Crippen LogP contribution in [0.1, 0.15) is 28.9 Å². The molecule has 2 aliphatic heterocycles. The van der Waals surface area contributed by atoms with E-state index in [-0.39, 0.29) is 17.6 Å². The molecule has 2 aromatic rings. The number of hydrogen-bond acceptors (Lipinski definition) is 5. The van der Waals surface area contributed by atoms with Gasteiger partial charge in [0, 0.05) is 35.1 Å². The Balaban J connectivity index is 1.49. The smallest absolute Gasteiger partial charge is 0.270 e. The van der Waals surface area contributed by atoms with Gasteiger partial charge >= 0.3 is 0 Å². The Labute approximate surface area is 143 Å². The monoisotopic (exact) mass is 343 g/mol. The standard InChI is InChI=1S/C17H17N3O3S/c21-17(19-14-9-11-4-5-13(14)18-11)16-7-6-15(24-16)10-2-1-3-12(8-10)20(22)23/h1-3,6-8,11,13-14,18H,4-5,9H2,(H,19,21). The van der Waals surface area contributed by atoms with E-state index in [9.17, 15) is 14.9 Å². The van der Waals surface area contributed by atoms with Gasteiger partial charge < -0.3 is 10.6 Å². The summed E-state index contributed by atoms with van der Waals surface area (Å²) >= 11 is 1.36. The normalized spacial score (nSPS) is 24.9. The molecule has 2 saturated heterocycles. The van der Waals surface area contributed by atoms with Crippen molar-refractivity contribution in [2.75, 3.05) is 0 Å². The van der Waals surface area contributed by atoms with Crippen LogP contribution in [-0.4, -0.2) is 29.0 Å². The van der Waals surface area contributed by atoms with Gasteiger partial charge in [0.1, 0.15) is 0 Å². The molecule has 2 N–H and O–H groups in total. The highest BCUT2D eigenvalue weighted by molar-refractivity contribution is 7.17. The Morgan fingerprint density at radius 2 is 2.17 bits per heavy atom. The quantitative estimate of drug-likeness (QED) is 0.660. The number of amides is 1. The van der Waals surface area contributed by atoms with Crippen LogP contribution >= 0.6 is 11.3 Å². The zero-order valence-corrected chi connectivity index (χ0v) is 13.7. The number of fused-ring (bicyclic) bond motifs is 2. The Morgan fingerprint density at radius 3 is 2.88 bits per heavy atom. The average Bonchev–Trinajstić information content (AvgIpc) is 3.31. The van der Waals surface area contributed by atoms with Gasteiger partial charge in [0.05, 0.1) is 9.80 Å². The Morgan fingerprint density at radius 1 is 1.29 bits per heavy atom. The second-order valence-corrected chi connectivity index (χ2v) is 7.42. The summed E-state index contributed by atoms with van der Waals surface area (Å²) in [6.45, 7) is 0. The molecule has 0 radical (unpaired) electrons. The van der Waals surface area contributed by atoms with Crippen LogP contribution in [0, 0.1) is 10.1 Å². The van der Waals surface area contributed by atoms with Crippen molar-refractivity contribution in [3.63, 3.8) is 0 Å². The molecule has 2 aliphatic rings. The van der Waals surface area contributed by atoms with E-state index in [1.54, 1.807) is 12.1 Å². The molecule has 2 bridgehead atoms. The average molecular weight is 343 g/mol. The Kier molecular flexibility index (Phi) is 3.82. The number of thiophene rings is 1. The molecular weight excluding hydrogens is 326 g/mol. The largest absolute Gasteiger partial charge is 0.347 e. The molecule has 4 rings (SSSR count). The first kappa shape index (κ1) is 15.3. The van der Waals surface area contributed by atoms with Gasteiger partial charge in [0.25, 0.3) is 11.6 Å². The predicted molar refractivity (Wildman–Crippen MR) is 92.2 cm³/mol.